The van der Waals surface area contributed by atoms with Crippen LogP contribution in [0.5, 0.6) is 5.75 Å². The molecule has 0 heterocycles. The van der Waals surface area contributed by atoms with Crippen molar-refractivity contribution in [3.63, 3.8) is 0 Å². The molecule has 1 aromatic carbocycles. The molecule has 106 valence electrons. The lowest BCUT2D eigenvalue weighted by Crippen LogP contribution is -2.34. The standard InChI is InChI=1S/C14H20FNO3/c1-9(16-13(17)19-14(2,3)4)10-6-7-11(15)12(8-10)18-5/h6-9H,1-5H3,(H,16,17)/t9-/m1/s1. The van der Waals surface area contributed by atoms with Crippen molar-refractivity contribution in [2.75, 3.05) is 7.11 Å². The summed E-state index contributed by atoms with van der Waals surface area (Å²) in [6.45, 7) is 7.16. The Balaban J connectivity index is 2.73. The smallest absolute Gasteiger partial charge is 0.408 e. The highest BCUT2D eigenvalue weighted by Gasteiger charge is 2.18. The van der Waals surface area contributed by atoms with Crippen LogP contribution in [-0.2, 0) is 4.74 Å². The Morgan fingerprint density at radius 3 is 2.53 bits per heavy atom. The summed E-state index contributed by atoms with van der Waals surface area (Å²) < 4.78 is 23.3. The fourth-order valence-electron chi connectivity index (χ4n) is 1.51. The number of nitrogens with one attached hydrogen (secondary N) is 1. The number of carbonyl (C=O) groups is 1. The zero-order valence-electron chi connectivity index (χ0n) is 11.9. The van der Waals surface area contributed by atoms with Crippen molar-refractivity contribution in [1.29, 1.82) is 0 Å². The molecule has 0 aliphatic rings. The molecule has 0 aromatic heterocycles. The van der Waals surface area contributed by atoms with Gasteiger partial charge in [0, 0.05) is 0 Å². The fraction of sp³-hybridized carbons (Fsp3) is 0.500. The third-order valence-electron chi connectivity index (χ3n) is 2.41. The molecular formula is C14H20FNO3. The van der Waals surface area contributed by atoms with Gasteiger partial charge in [-0.15, -0.1) is 0 Å². The zero-order chi connectivity index (χ0) is 14.6. The largest absolute Gasteiger partial charge is 0.494 e. The second kappa shape index (κ2) is 5.91. The van der Waals surface area contributed by atoms with Gasteiger partial charge in [0.25, 0.3) is 0 Å². The number of amides is 1. The Hall–Kier alpha value is -1.78. The Kier molecular flexibility index (Phi) is 4.75. The Bertz CT molecular complexity index is 454. The van der Waals surface area contributed by atoms with Crippen molar-refractivity contribution in [2.24, 2.45) is 0 Å². The average Bonchev–Trinajstić information content (AvgIpc) is 2.26. The molecule has 19 heavy (non-hydrogen) atoms. The summed E-state index contributed by atoms with van der Waals surface area (Å²) in [5.74, 6) is -0.286. The number of benzene rings is 1. The molecule has 0 aliphatic heterocycles. The molecule has 4 nitrogen and oxygen atoms in total. The van der Waals surface area contributed by atoms with Crippen LogP contribution in [0.15, 0.2) is 18.2 Å². The molecule has 1 N–H and O–H groups in total. The molecule has 1 rings (SSSR count). The van der Waals surface area contributed by atoms with Crippen molar-refractivity contribution in [3.8, 4) is 5.75 Å². The second-order valence-electron chi connectivity index (χ2n) is 5.26. The van der Waals surface area contributed by atoms with Crippen molar-refractivity contribution < 1.29 is 18.7 Å². The first-order valence-corrected chi connectivity index (χ1v) is 6.06. The van der Waals surface area contributed by atoms with Gasteiger partial charge in [-0.25, -0.2) is 9.18 Å². The normalized spacial score (nSPS) is 12.7. The monoisotopic (exact) mass is 269 g/mol. The lowest BCUT2D eigenvalue weighted by Gasteiger charge is -2.22. The van der Waals surface area contributed by atoms with E-state index in [-0.39, 0.29) is 11.8 Å². The number of hydrogen-bond donors (Lipinski definition) is 1. The van der Waals surface area contributed by atoms with Gasteiger partial charge >= 0.3 is 6.09 Å². The number of methoxy groups -OCH3 is 1. The first kappa shape index (κ1) is 15.3. The Morgan fingerprint density at radius 1 is 1.37 bits per heavy atom. The summed E-state index contributed by atoms with van der Waals surface area (Å²) in [5, 5.41) is 2.68. The van der Waals surface area contributed by atoms with E-state index in [9.17, 15) is 9.18 Å². The molecule has 1 atom stereocenters. The van der Waals surface area contributed by atoms with Gasteiger partial charge in [-0.2, -0.15) is 0 Å². The topological polar surface area (TPSA) is 47.6 Å². The molecule has 5 heteroatoms. The van der Waals surface area contributed by atoms with E-state index in [0.29, 0.717) is 0 Å². The van der Waals surface area contributed by atoms with Crippen LogP contribution in [-0.4, -0.2) is 18.8 Å². The maximum absolute atomic E-state index is 13.3. The van der Waals surface area contributed by atoms with Crippen LogP contribution in [0, 0.1) is 5.82 Å². The molecule has 0 saturated carbocycles. The fourth-order valence-corrected chi connectivity index (χ4v) is 1.51. The number of carbonyl (C=O) groups excluding carboxylic acids is 1. The van der Waals surface area contributed by atoms with Gasteiger partial charge in [0.05, 0.1) is 13.2 Å². The van der Waals surface area contributed by atoms with Crippen LogP contribution in [0.2, 0.25) is 0 Å². The minimum atomic E-state index is -0.551. The van der Waals surface area contributed by atoms with E-state index < -0.39 is 17.5 Å². The highest BCUT2D eigenvalue weighted by Crippen LogP contribution is 2.22. The summed E-state index contributed by atoms with van der Waals surface area (Å²) >= 11 is 0. The molecule has 0 bridgehead atoms. The third kappa shape index (κ3) is 4.77. The number of ether oxygens (including phenoxy) is 2. The van der Waals surface area contributed by atoms with Gasteiger partial charge in [-0.1, -0.05) is 6.07 Å². The second-order valence-corrected chi connectivity index (χ2v) is 5.26. The van der Waals surface area contributed by atoms with E-state index in [4.69, 9.17) is 9.47 Å². The van der Waals surface area contributed by atoms with Gasteiger partial charge in [0.2, 0.25) is 0 Å². The van der Waals surface area contributed by atoms with Crippen molar-refractivity contribution >= 4 is 6.09 Å². The minimum absolute atomic E-state index is 0.148. The van der Waals surface area contributed by atoms with E-state index in [1.807, 2.05) is 0 Å². The van der Waals surface area contributed by atoms with E-state index in [1.54, 1.807) is 39.8 Å². The predicted octanol–water partition coefficient (Wildman–Crippen LogP) is 3.42. The first-order valence-electron chi connectivity index (χ1n) is 6.06. The van der Waals surface area contributed by atoms with E-state index >= 15 is 0 Å². The Labute approximate surface area is 112 Å². The van der Waals surface area contributed by atoms with Crippen molar-refractivity contribution in [3.05, 3.63) is 29.6 Å². The number of alkyl carbamates (subject to hydrolysis) is 1. The molecule has 0 unspecified atom stereocenters. The van der Waals surface area contributed by atoms with E-state index in [1.165, 1.54) is 13.2 Å². The molecular weight excluding hydrogens is 249 g/mol. The number of halogens is 1. The summed E-state index contributed by atoms with van der Waals surface area (Å²) in [5.41, 5.74) is 0.189. The SMILES string of the molecule is COc1cc([C@@H](C)NC(=O)OC(C)(C)C)ccc1F. The zero-order valence-corrected chi connectivity index (χ0v) is 11.9. The van der Waals surface area contributed by atoms with Gasteiger partial charge in [-0.05, 0) is 45.4 Å². The Morgan fingerprint density at radius 2 is 2.00 bits per heavy atom. The molecule has 0 spiro atoms. The molecule has 1 amide bonds. The van der Waals surface area contributed by atoms with Crippen LogP contribution in [0.4, 0.5) is 9.18 Å². The maximum Gasteiger partial charge on any atom is 0.408 e. The molecule has 0 fully saturated rings. The predicted molar refractivity (Wildman–Crippen MR) is 70.7 cm³/mol. The van der Waals surface area contributed by atoms with E-state index in [0.717, 1.165) is 5.56 Å². The molecule has 1 aromatic rings. The van der Waals surface area contributed by atoms with Gasteiger partial charge in [0.15, 0.2) is 11.6 Å². The van der Waals surface area contributed by atoms with Crippen molar-refractivity contribution in [2.45, 2.75) is 39.3 Å². The summed E-state index contributed by atoms with van der Waals surface area (Å²) in [7, 11) is 1.40. The van der Waals surface area contributed by atoms with E-state index in [2.05, 4.69) is 5.32 Å². The van der Waals surface area contributed by atoms with Crippen LogP contribution in [0.3, 0.4) is 0 Å². The first-order chi connectivity index (χ1) is 8.73. The summed E-state index contributed by atoms with van der Waals surface area (Å²) in [6, 6.07) is 4.16. The highest BCUT2D eigenvalue weighted by molar-refractivity contribution is 5.68. The van der Waals surface area contributed by atoms with Gasteiger partial charge in [0.1, 0.15) is 5.60 Å². The number of hydrogen-bond acceptors (Lipinski definition) is 3. The quantitative estimate of drug-likeness (QED) is 0.914. The molecule has 0 aliphatic carbocycles. The van der Waals surface area contributed by atoms with Crippen LogP contribution in [0.1, 0.15) is 39.3 Å². The van der Waals surface area contributed by atoms with Crippen LogP contribution in [0.25, 0.3) is 0 Å². The maximum atomic E-state index is 13.3. The van der Waals surface area contributed by atoms with Crippen LogP contribution < -0.4 is 10.1 Å². The third-order valence-corrected chi connectivity index (χ3v) is 2.41. The summed E-state index contributed by atoms with van der Waals surface area (Å²) in [4.78, 5) is 11.6. The summed E-state index contributed by atoms with van der Waals surface area (Å²) in [6.07, 6.45) is -0.511. The van der Waals surface area contributed by atoms with Gasteiger partial charge < -0.3 is 14.8 Å². The molecule has 0 saturated heterocycles. The van der Waals surface area contributed by atoms with Crippen molar-refractivity contribution in [1.82, 2.24) is 5.32 Å². The minimum Gasteiger partial charge on any atom is -0.494 e. The lowest BCUT2D eigenvalue weighted by molar-refractivity contribution is 0.0508. The van der Waals surface area contributed by atoms with Gasteiger partial charge in [-0.3, -0.25) is 0 Å². The molecule has 0 radical (unpaired) electrons. The average molecular weight is 269 g/mol. The van der Waals surface area contributed by atoms with Crippen LogP contribution >= 0.6 is 0 Å². The number of rotatable bonds is 3. The highest BCUT2D eigenvalue weighted by atomic mass is 19.1. The lowest BCUT2D eigenvalue weighted by atomic mass is 10.1.